The minimum atomic E-state index is -0.217. The van der Waals surface area contributed by atoms with E-state index in [2.05, 4.69) is 15.9 Å². The molecule has 2 nitrogen and oxygen atoms in total. The molecule has 0 N–H and O–H groups in total. The first kappa shape index (κ1) is 14.2. The Bertz CT molecular complexity index is 676. The minimum absolute atomic E-state index is 0.0170. The lowest BCUT2D eigenvalue weighted by Crippen LogP contribution is -2.06. The first-order chi connectivity index (χ1) is 10.1. The van der Waals surface area contributed by atoms with Crippen LogP contribution in [0.25, 0.3) is 0 Å². The zero-order chi connectivity index (χ0) is 15.0. The zero-order valence-electron chi connectivity index (χ0n) is 11.6. The summed E-state index contributed by atoms with van der Waals surface area (Å²) in [4.78, 5) is 24.5. The average molecular weight is 343 g/mol. The summed E-state index contributed by atoms with van der Waals surface area (Å²) in [6, 6.07) is 17.1. The highest BCUT2D eigenvalue weighted by molar-refractivity contribution is 9.10. The standard InChI is InChI=1S/C18H15BrO2/c1-11(20)15-16(12-7-9-14(19)10-8-12)17(15)18(21)13-5-3-2-4-6-13/h2-10,15-17H,1H3. The monoisotopic (exact) mass is 342 g/mol. The van der Waals surface area contributed by atoms with Crippen molar-refractivity contribution in [2.75, 3.05) is 0 Å². The molecule has 2 aromatic rings. The fourth-order valence-electron chi connectivity index (χ4n) is 3.04. The second-order valence-electron chi connectivity index (χ2n) is 5.47. The van der Waals surface area contributed by atoms with E-state index in [0.717, 1.165) is 10.0 Å². The summed E-state index contributed by atoms with van der Waals surface area (Å²) >= 11 is 3.41. The molecule has 3 unspecified atom stereocenters. The summed E-state index contributed by atoms with van der Waals surface area (Å²) in [5.74, 6) is -0.214. The predicted octanol–water partition coefficient (Wildman–Crippen LogP) is 4.25. The number of hydrogen-bond donors (Lipinski definition) is 0. The molecule has 0 aromatic heterocycles. The normalized spacial score (nSPS) is 23.6. The largest absolute Gasteiger partial charge is 0.300 e. The number of Topliss-reactive ketones (excluding diaryl/α,β-unsaturated/α-hetero) is 2. The molecule has 106 valence electrons. The Hall–Kier alpha value is -1.74. The van der Waals surface area contributed by atoms with Crippen LogP contribution in [0.1, 0.15) is 28.8 Å². The van der Waals surface area contributed by atoms with Crippen molar-refractivity contribution < 1.29 is 9.59 Å². The zero-order valence-corrected chi connectivity index (χ0v) is 13.2. The number of halogens is 1. The van der Waals surface area contributed by atoms with Crippen LogP contribution >= 0.6 is 15.9 Å². The molecule has 1 saturated carbocycles. The molecule has 0 spiro atoms. The molecule has 3 atom stereocenters. The summed E-state index contributed by atoms with van der Waals surface area (Å²) in [5, 5.41) is 0. The maximum Gasteiger partial charge on any atom is 0.167 e. The van der Waals surface area contributed by atoms with E-state index in [9.17, 15) is 9.59 Å². The van der Waals surface area contributed by atoms with Crippen molar-refractivity contribution in [3.05, 3.63) is 70.2 Å². The van der Waals surface area contributed by atoms with Crippen LogP contribution in [0.5, 0.6) is 0 Å². The molecular formula is C18H15BrO2. The maximum absolute atomic E-state index is 12.6. The molecule has 3 rings (SSSR count). The Kier molecular flexibility index (Phi) is 3.77. The number of carbonyl (C=O) groups is 2. The van der Waals surface area contributed by atoms with Gasteiger partial charge < -0.3 is 0 Å². The lowest BCUT2D eigenvalue weighted by Gasteiger charge is -2.01. The molecule has 0 amide bonds. The Morgan fingerprint density at radius 3 is 2.10 bits per heavy atom. The van der Waals surface area contributed by atoms with Gasteiger partial charge in [0.25, 0.3) is 0 Å². The van der Waals surface area contributed by atoms with E-state index in [1.54, 1.807) is 6.92 Å². The third-order valence-corrected chi connectivity index (χ3v) is 4.63. The molecule has 0 aliphatic heterocycles. The fourth-order valence-corrected chi connectivity index (χ4v) is 3.30. The number of benzene rings is 2. The Labute approximate surface area is 132 Å². The average Bonchev–Trinajstić information content (AvgIpc) is 3.24. The van der Waals surface area contributed by atoms with Crippen LogP contribution < -0.4 is 0 Å². The minimum Gasteiger partial charge on any atom is -0.300 e. The lowest BCUT2D eigenvalue weighted by molar-refractivity contribution is -0.118. The fraction of sp³-hybridized carbons (Fsp3) is 0.222. The van der Waals surface area contributed by atoms with Gasteiger partial charge in [0.15, 0.2) is 5.78 Å². The van der Waals surface area contributed by atoms with Crippen molar-refractivity contribution in [2.24, 2.45) is 11.8 Å². The van der Waals surface area contributed by atoms with Crippen molar-refractivity contribution in [3.63, 3.8) is 0 Å². The van der Waals surface area contributed by atoms with Crippen LogP contribution in [0, 0.1) is 11.8 Å². The Morgan fingerprint density at radius 2 is 1.52 bits per heavy atom. The van der Waals surface area contributed by atoms with Gasteiger partial charge >= 0.3 is 0 Å². The molecule has 2 aromatic carbocycles. The van der Waals surface area contributed by atoms with E-state index in [4.69, 9.17) is 0 Å². The quantitative estimate of drug-likeness (QED) is 0.778. The van der Waals surface area contributed by atoms with E-state index >= 15 is 0 Å². The van der Waals surface area contributed by atoms with E-state index in [-0.39, 0.29) is 29.3 Å². The predicted molar refractivity (Wildman–Crippen MR) is 85.3 cm³/mol. The van der Waals surface area contributed by atoms with Gasteiger partial charge in [0.2, 0.25) is 0 Å². The Morgan fingerprint density at radius 1 is 0.905 bits per heavy atom. The van der Waals surface area contributed by atoms with Gasteiger partial charge in [0, 0.05) is 27.8 Å². The van der Waals surface area contributed by atoms with Crippen LogP contribution in [-0.4, -0.2) is 11.6 Å². The van der Waals surface area contributed by atoms with Gasteiger partial charge in [-0.25, -0.2) is 0 Å². The molecule has 3 heteroatoms. The highest BCUT2D eigenvalue weighted by Crippen LogP contribution is 2.55. The van der Waals surface area contributed by atoms with Crippen LogP contribution in [-0.2, 0) is 4.79 Å². The van der Waals surface area contributed by atoms with Gasteiger partial charge in [-0.3, -0.25) is 9.59 Å². The van der Waals surface area contributed by atoms with Gasteiger partial charge in [0.1, 0.15) is 5.78 Å². The van der Waals surface area contributed by atoms with Crippen molar-refractivity contribution >= 4 is 27.5 Å². The molecule has 21 heavy (non-hydrogen) atoms. The molecule has 1 aliphatic carbocycles. The number of hydrogen-bond acceptors (Lipinski definition) is 2. The van der Waals surface area contributed by atoms with Crippen LogP contribution in [0.3, 0.4) is 0 Å². The highest BCUT2D eigenvalue weighted by atomic mass is 79.9. The SMILES string of the molecule is CC(=O)C1C(C(=O)c2ccccc2)C1c1ccc(Br)cc1. The van der Waals surface area contributed by atoms with Crippen molar-refractivity contribution in [1.82, 2.24) is 0 Å². The summed E-state index contributed by atoms with van der Waals surface area (Å²) in [6.07, 6.45) is 0. The van der Waals surface area contributed by atoms with Gasteiger partial charge in [-0.15, -0.1) is 0 Å². The molecule has 0 bridgehead atoms. The first-order valence-corrected chi connectivity index (χ1v) is 7.74. The van der Waals surface area contributed by atoms with Crippen molar-refractivity contribution in [2.45, 2.75) is 12.8 Å². The van der Waals surface area contributed by atoms with Gasteiger partial charge in [0.05, 0.1) is 0 Å². The first-order valence-electron chi connectivity index (χ1n) is 6.95. The van der Waals surface area contributed by atoms with E-state index < -0.39 is 0 Å². The van der Waals surface area contributed by atoms with E-state index in [0.29, 0.717) is 5.56 Å². The smallest absolute Gasteiger partial charge is 0.167 e. The number of ketones is 2. The third-order valence-electron chi connectivity index (χ3n) is 4.11. The lowest BCUT2D eigenvalue weighted by atomic mass is 10.0. The van der Waals surface area contributed by atoms with Crippen molar-refractivity contribution in [3.8, 4) is 0 Å². The summed E-state index contributed by atoms with van der Waals surface area (Å²) in [7, 11) is 0. The summed E-state index contributed by atoms with van der Waals surface area (Å²) < 4.78 is 0.997. The molecular weight excluding hydrogens is 328 g/mol. The van der Waals surface area contributed by atoms with Crippen LogP contribution in [0.4, 0.5) is 0 Å². The Balaban J connectivity index is 1.89. The van der Waals surface area contributed by atoms with Crippen molar-refractivity contribution in [1.29, 1.82) is 0 Å². The molecule has 0 radical (unpaired) electrons. The van der Waals surface area contributed by atoms with Crippen LogP contribution in [0.15, 0.2) is 59.1 Å². The number of carbonyl (C=O) groups excluding carboxylic acids is 2. The number of rotatable bonds is 4. The van der Waals surface area contributed by atoms with E-state index in [1.165, 1.54) is 0 Å². The molecule has 0 heterocycles. The maximum atomic E-state index is 12.6. The molecule has 1 fully saturated rings. The van der Waals surface area contributed by atoms with Crippen LogP contribution in [0.2, 0.25) is 0 Å². The van der Waals surface area contributed by atoms with Gasteiger partial charge in [-0.05, 0) is 24.6 Å². The summed E-state index contributed by atoms with van der Waals surface area (Å²) in [5.41, 5.74) is 1.75. The third kappa shape index (κ3) is 2.70. The molecule has 0 saturated heterocycles. The highest BCUT2D eigenvalue weighted by Gasteiger charge is 2.57. The molecule has 1 aliphatic rings. The second-order valence-corrected chi connectivity index (χ2v) is 6.39. The summed E-state index contributed by atoms with van der Waals surface area (Å²) in [6.45, 7) is 1.58. The second kappa shape index (κ2) is 5.57. The topological polar surface area (TPSA) is 34.1 Å². The van der Waals surface area contributed by atoms with E-state index in [1.807, 2.05) is 54.6 Å². The van der Waals surface area contributed by atoms with Gasteiger partial charge in [-0.2, -0.15) is 0 Å². The van der Waals surface area contributed by atoms with Gasteiger partial charge in [-0.1, -0.05) is 58.4 Å².